The van der Waals surface area contributed by atoms with Gasteiger partial charge >= 0.3 is 12.3 Å². The zero-order valence-corrected chi connectivity index (χ0v) is 8.01. The molecule has 0 aromatic carbocycles. The Morgan fingerprint density at radius 3 is 1.73 bits per heavy atom. The van der Waals surface area contributed by atoms with Crippen LogP contribution in [-0.4, -0.2) is 49.9 Å². The van der Waals surface area contributed by atoms with Crippen molar-refractivity contribution in [2.75, 3.05) is 26.4 Å². The smallest absolute Gasteiger partial charge is 0.434 e. The average molecular weight is 220 g/mol. The van der Waals surface area contributed by atoms with Gasteiger partial charge in [0.2, 0.25) is 0 Å². The minimum Gasteiger partial charge on any atom is -0.434 e. The summed E-state index contributed by atoms with van der Waals surface area (Å²) in [5.41, 5.74) is 0. The molecule has 0 spiro atoms. The second-order valence-electron chi connectivity index (χ2n) is 2.83. The van der Waals surface area contributed by atoms with Crippen LogP contribution in [0.2, 0.25) is 0 Å². The van der Waals surface area contributed by atoms with Gasteiger partial charge in [0.25, 0.3) is 0 Å². The second-order valence-corrected chi connectivity index (χ2v) is 2.83. The van der Waals surface area contributed by atoms with Crippen molar-refractivity contribution in [3.63, 3.8) is 0 Å². The van der Waals surface area contributed by atoms with Crippen molar-refractivity contribution in [2.45, 2.75) is 12.5 Å². The molecule has 7 nitrogen and oxygen atoms in total. The number of aliphatic hydroxyl groups is 1. The van der Waals surface area contributed by atoms with Gasteiger partial charge in [-0.05, 0) is 0 Å². The van der Waals surface area contributed by atoms with Gasteiger partial charge in [-0.3, -0.25) is 0 Å². The third kappa shape index (κ3) is 5.06. The van der Waals surface area contributed by atoms with Crippen LogP contribution in [0.4, 0.5) is 9.59 Å². The Morgan fingerprint density at radius 2 is 1.40 bits per heavy atom. The van der Waals surface area contributed by atoms with Gasteiger partial charge in [0.1, 0.15) is 19.3 Å². The van der Waals surface area contributed by atoms with Crippen LogP contribution in [0.15, 0.2) is 0 Å². The number of cyclic esters (lactones) is 4. The van der Waals surface area contributed by atoms with Gasteiger partial charge in [0, 0.05) is 6.42 Å². The standard InChI is InChI=1S/C4H6O4.C4H6O3/c5-3-1-7-4(6)8-2-3;5-4-6-2-1-3-7-4/h3,5H,1-2H2;1-3H2. The molecule has 0 unspecified atom stereocenters. The summed E-state index contributed by atoms with van der Waals surface area (Å²) in [7, 11) is 0. The first kappa shape index (κ1) is 11.6. The highest BCUT2D eigenvalue weighted by molar-refractivity contribution is 5.60. The highest BCUT2D eigenvalue weighted by atomic mass is 16.7. The molecule has 0 radical (unpaired) electrons. The minimum absolute atomic E-state index is 0.0544. The van der Waals surface area contributed by atoms with Gasteiger partial charge in [0.05, 0.1) is 13.2 Å². The fraction of sp³-hybridized carbons (Fsp3) is 0.750. The van der Waals surface area contributed by atoms with Crippen molar-refractivity contribution in [2.24, 2.45) is 0 Å². The Labute approximate surface area is 85.9 Å². The van der Waals surface area contributed by atoms with Gasteiger partial charge in [0.15, 0.2) is 0 Å². The molecule has 0 aliphatic carbocycles. The molecule has 0 atom stereocenters. The average Bonchev–Trinajstić information content (AvgIpc) is 2.25. The summed E-state index contributed by atoms with van der Waals surface area (Å²) in [4.78, 5) is 20.1. The van der Waals surface area contributed by atoms with Crippen molar-refractivity contribution in [3.8, 4) is 0 Å². The van der Waals surface area contributed by atoms with Crippen LogP contribution in [0.3, 0.4) is 0 Å². The van der Waals surface area contributed by atoms with Gasteiger partial charge in [-0.1, -0.05) is 0 Å². The molecule has 2 saturated heterocycles. The summed E-state index contributed by atoms with van der Waals surface area (Å²) in [6.45, 7) is 1.13. The summed E-state index contributed by atoms with van der Waals surface area (Å²) in [5, 5.41) is 8.62. The van der Waals surface area contributed by atoms with Crippen molar-refractivity contribution in [1.29, 1.82) is 0 Å². The van der Waals surface area contributed by atoms with E-state index in [-0.39, 0.29) is 13.2 Å². The number of hydrogen-bond donors (Lipinski definition) is 1. The van der Waals surface area contributed by atoms with E-state index in [9.17, 15) is 9.59 Å². The molecule has 2 fully saturated rings. The van der Waals surface area contributed by atoms with E-state index < -0.39 is 18.4 Å². The fourth-order valence-electron chi connectivity index (χ4n) is 0.830. The van der Waals surface area contributed by atoms with Crippen LogP contribution in [0, 0.1) is 0 Å². The van der Waals surface area contributed by atoms with Crippen LogP contribution in [0.5, 0.6) is 0 Å². The topological polar surface area (TPSA) is 91.3 Å². The lowest BCUT2D eigenvalue weighted by molar-refractivity contribution is -0.0523. The molecule has 7 heteroatoms. The van der Waals surface area contributed by atoms with Crippen LogP contribution >= 0.6 is 0 Å². The molecule has 0 bridgehead atoms. The van der Waals surface area contributed by atoms with Gasteiger partial charge in [-0.15, -0.1) is 0 Å². The van der Waals surface area contributed by atoms with Gasteiger partial charge in [-0.25, -0.2) is 9.59 Å². The monoisotopic (exact) mass is 220 g/mol. The number of rotatable bonds is 0. The molecule has 2 aliphatic rings. The lowest BCUT2D eigenvalue weighted by Crippen LogP contribution is -2.31. The highest BCUT2D eigenvalue weighted by Crippen LogP contribution is 1.97. The molecule has 15 heavy (non-hydrogen) atoms. The molecule has 2 aliphatic heterocycles. The molecule has 0 aromatic rings. The fourth-order valence-corrected chi connectivity index (χ4v) is 0.830. The zero-order valence-electron chi connectivity index (χ0n) is 8.01. The SMILES string of the molecule is O=C1OCC(O)CO1.O=C1OCCCO1. The Hall–Kier alpha value is -1.50. The number of carbonyl (C=O) groups excluding carboxylic acids is 2. The van der Waals surface area contributed by atoms with Crippen LogP contribution in [0.25, 0.3) is 0 Å². The molecular formula is C8H12O7. The van der Waals surface area contributed by atoms with E-state index in [2.05, 4.69) is 18.9 Å². The molecule has 0 aromatic heterocycles. The summed E-state index contributed by atoms with van der Waals surface area (Å²) >= 11 is 0. The van der Waals surface area contributed by atoms with E-state index in [0.717, 1.165) is 6.42 Å². The third-order valence-electron chi connectivity index (χ3n) is 1.52. The maximum atomic E-state index is 10.1. The summed E-state index contributed by atoms with van der Waals surface area (Å²) in [6.07, 6.45) is -1.06. The molecule has 2 heterocycles. The Bertz CT molecular complexity index is 209. The predicted octanol–water partition coefficient (Wildman–Crippen LogP) is 0.0574. The highest BCUT2D eigenvalue weighted by Gasteiger charge is 2.17. The molecule has 0 amide bonds. The molecule has 1 N–H and O–H groups in total. The van der Waals surface area contributed by atoms with E-state index in [0.29, 0.717) is 13.2 Å². The summed E-state index contributed by atoms with van der Waals surface area (Å²) in [6, 6.07) is 0. The first-order chi connectivity index (χ1) is 7.18. The lowest BCUT2D eigenvalue weighted by atomic mass is 10.4. The Morgan fingerprint density at radius 1 is 0.933 bits per heavy atom. The summed E-state index contributed by atoms with van der Waals surface area (Å²) in [5.74, 6) is 0. The van der Waals surface area contributed by atoms with Gasteiger partial charge < -0.3 is 24.1 Å². The number of hydrogen-bond acceptors (Lipinski definition) is 7. The van der Waals surface area contributed by atoms with E-state index in [4.69, 9.17) is 5.11 Å². The number of aliphatic hydroxyl groups excluding tert-OH is 1. The number of carbonyl (C=O) groups is 2. The van der Waals surface area contributed by atoms with E-state index >= 15 is 0 Å². The normalized spacial score (nSPS) is 21.1. The summed E-state index contributed by atoms with van der Waals surface area (Å²) < 4.78 is 17.4. The van der Waals surface area contributed by atoms with Gasteiger partial charge in [-0.2, -0.15) is 0 Å². The van der Waals surface area contributed by atoms with Crippen molar-refractivity contribution >= 4 is 12.3 Å². The minimum atomic E-state index is -0.699. The predicted molar refractivity (Wildman–Crippen MR) is 45.2 cm³/mol. The van der Waals surface area contributed by atoms with Crippen molar-refractivity contribution < 1.29 is 33.6 Å². The van der Waals surface area contributed by atoms with Crippen molar-refractivity contribution in [1.82, 2.24) is 0 Å². The lowest BCUT2D eigenvalue weighted by Gasteiger charge is -2.16. The molecule has 86 valence electrons. The second kappa shape index (κ2) is 6.07. The molecule has 2 rings (SSSR count). The van der Waals surface area contributed by atoms with E-state index in [1.54, 1.807) is 0 Å². The first-order valence-electron chi connectivity index (χ1n) is 4.45. The van der Waals surface area contributed by atoms with Crippen LogP contribution in [-0.2, 0) is 18.9 Å². The van der Waals surface area contributed by atoms with E-state index in [1.807, 2.05) is 0 Å². The maximum Gasteiger partial charge on any atom is 0.508 e. The third-order valence-corrected chi connectivity index (χ3v) is 1.52. The zero-order chi connectivity index (χ0) is 11.1. The van der Waals surface area contributed by atoms with Crippen LogP contribution < -0.4 is 0 Å². The molecular weight excluding hydrogens is 208 g/mol. The largest absolute Gasteiger partial charge is 0.508 e. The Kier molecular flexibility index (Phi) is 4.69. The van der Waals surface area contributed by atoms with Crippen molar-refractivity contribution in [3.05, 3.63) is 0 Å². The first-order valence-corrected chi connectivity index (χ1v) is 4.45. The quantitative estimate of drug-likeness (QED) is 0.577. The Balaban J connectivity index is 0.000000151. The number of ether oxygens (including phenoxy) is 4. The molecule has 0 saturated carbocycles. The van der Waals surface area contributed by atoms with Crippen LogP contribution in [0.1, 0.15) is 6.42 Å². The van der Waals surface area contributed by atoms with E-state index in [1.165, 1.54) is 0 Å². The maximum absolute atomic E-state index is 10.1.